The average molecular weight is 884 g/mol. The third kappa shape index (κ3) is 5.76. The molecule has 0 N–H and O–H groups in total. The number of furan rings is 1. The fourth-order valence-electron chi connectivity index (χ4n) is 11.3. The summed E-state index contributed by atoms with van der Waals surface area (Å²) in [4.78, 5) is 5.11. The van der Waals surface area contributed by atoms with Gasteiger partial charge in [0.25, 0.3) is 0 Å². The first-order valence-electron chi connectivity index (χ1n) is 23.3. The minimum atomic E-state index is -0.531. The van der Waals surface area contributed by atoms with E-state index in [0.717, 1.165) is 50.1 Å². The number of para-hydroxylation sites is 1. The summed E-state index contributed by atoms with van der Waals surface area (Å²) < 4.78 is 6.32. The van der Waals surface area contributed by atoms with E-state index in [1.165, 1.54) is 76.5 Å². The Balaban J connectivity index is 0.973. The lowest BCUT2D eigenvalue weighted by molar-refractivity contribution is 0.669. The van der Waals surface area contributed by atoms with Crippen molar-refractivity contribution in [2.45, 2.75) is 5.41 Å². The summed E-state index contributed by atoms with van der Waals surface area (Å²) >= 11 is 1.96. The third-order valence-electron chi connectivity index (χ3n) is 14.3. The van der Waals surface area contributed by atoms with Gasteiger partial charge in [-0.25, -0.2) is 0 Å². The van der Waals surface area contributed by atoms with Crippen molar-refractivity contribution in [1.29, 1.82) is 0 Å². The number of hydrogen-bond donors (Lipinski definition) is 0. The van der Waals surface area contributed by atoms with Crippen molar-refractivity contribution in [3.05, 3.63) is 270 Å². The van der Waals surface area contributed by atoms with Gasteiger partial charge in [-0.2, -0.15) is 0 Å². The highest BCUT2D eigenvalue weighted by Crippen LogP contribution is 2.68. The summed E-state index contributed by atoms with van der Waals surface area (Å²) in [5.74, 6) is 0. The largest absolute Gasteiger partial charge is 0.456 e. The number of rotatable bonds is 7. The van der Waals surface area contributed by atoms with Crippen LogP contribution in [0.15, 0.2) is 253 Å². The summed E-state index contributed by atoms with van der Waals surface area (Å²) in [6, 6.07) is 91.1. The van der Waals surface area contributed by atoms with Crippen LogP contribution < -0.4 is 4.90 Å². The Labute approximate surface area is 399 Å². The van der Waals surface area contributed by atoms with E-state index in [4.69, 9.17) is 4.42 Å². The highest BCUT2D eigenvalue weighted by atomic mass is 32.1. The van der Waals surface area contributed by atoms with E-state index >= 15 is 0 Å². The molecule has 0 amide bonds. The maximum Gasteiger partial charge on any atom is 0.136 e. The normalized spacial score (nSPS) is 14.2. The molecule has 0 aliphatic heterocycles. The van der Waals surface area contributed by atoms with Gasteiger partial charge in [0.15, 0.2) is 0 Å². The van der Waals surface area contributed by atoms with Crippen molar-refractivity contribution < 1.29 is 4.42 Å². The average Bonchev–Trinajstić information content (AvgIpc) is 4.15. The van der Waals surface area contributed by atoms with Crippen LogP contribution in [0, 0.1) is 0 Å². The Morgan fingerprint density at radius 2 is 0.824 bits per heavy atom. The Kier molecular flexibility index (Phi) is 8.71. The number of hydrogen-bond acceptors (Lipinski definition) is 3. The first-order chi connectivity index (χ1) is 33.7. The van der Waals surface area contributed by atoms with Gasteiger partial charge in [-0.3, -0.25) is 0 Å². The molecule has 1 unspecified atom stereocenters. The lowest BCUT2D eigenvalue weighted by Gasteiger charge is -2.31. The van der Waals surface area contributed by atoms with Crippen molar-refractivity contribution in [3.8, 4) is 66.1 Å². The number of benzene rings is 10. The molecule has 10 aromatic carbocycles. The van der Waals surface area contributed by atoms with E-state index in [0.29, 0.717) is 0 Å². The Hall–Kier alpha value is -8.50. The van der Waals surface area contributed by atoms with Crippen LogP contribution in [0.4, 0.5) is 17.1 Å². The molecule has 3 heteroatoms. The van der Waals surface area contributed by atoms with Gasteiger partial charge in [-0.1, -0.05) is 194 Å². The molecule has 2 aliphatic rings. The molecule has 318 valence electrons. The van der Waals surface area contributed by atoms with Gasteiger partial charge in [0.05, 0.1) is 5.41 Å². The quantitative estimate of drug-likeness (QED) is 0.159. The van der Waals surface area contributed by atoms with E-state index in [1.807, 2.05) is 23.5 Å². The summed E-state index contributed by atoms with van der Waals surface area (Å²) in [5.41, 5.74) is 22.2. The van der Waals surface area contributed by atoms with Crippen LogP contribution in [0.3, 0.4) is 0 Å². The lowest BCUT2D eigenvalue weighted by atomic mass is 9.73. The molecule has 2 nitrogen and oxygen atoms in total. The highest BCUT2D eigenvalue weighted by Gasteiger charge is 2.54. The predicted molar refractivity (Wildman–Crippen MR) is 284 cm³/mol. The summed E-state index contributed by atoms with van der Waals surface area (Å²) in [5, 5.41) is 2.27. The molecular formula is C65H41NOS. The number of anilines is 3. The molecule has 2 aliphatic carbocycles. The second-order valence-corrected chi connectivity index (χ2v) is 18.9. The molecule has 1 spiro atoms. The van der Waals surface area contributed by atoms with Gasteiger partial charge in [0.1, 0.15) is 11.2 Å². The van der Waals surface area contributed by atoms with Crippen LogP contribution in [-0.4, -0.2) is 0 Å². The zero-order chi connectivity index (χ0) is 44.8. The van der Waals surface area contributed by atoms with Gasteiger partial charge >= 0.3 is 0 Å². The molecule has 2 aromatic heterocycles. The van der Waals surface area contributed by atoms with Gasteiger partial charge in [0.2, 0.25) is 0 Å². The first kappa shape index (κ1) is 38.7. The fraction of sp³-hybridized carbons (Fsp3) is 0.0154. The van der Waals surface area contributed by atoms with Crippen molar-refractivity contribution >= 4 is 50.3 Å². The zero-order valence-corrected chi connectivity index (χ0v) is 37.8. The number of fused-ring (bicyclic) bond motifs is 13. The minimum absolute atomic E-state index is 0.531. The molecule has 1 atom stereocenters. The van der Waals surface area contributed by atoms with E-state index < -0.39 is 5.41 Å². The van der Waals surface area contributed by atoms with Crippen LogP contribution in [0.25, 0.3) is 88.0 Å². The zero-order valence-electron chi connectivity index (χ0n) is 36.9. The molecule has 12 aromatic rings. The van der Waals surface area contributed by atoms with Crippen molar-refractivity contribution in [3.63, 3.8) is 0 Å². The lowest BCUT2D eigenvalue weighted by Crippen LogP contribution is -2.25. The fourth-order valence-corrected chi connectivity index (χ4v) is 12.9. The van der Waals surface area contributed by atoms with Crippen molar-refractivity contribution in [1.82, 2.24) is 0 Å². The first-order valence-corrected chi connectivity index (χ1v) is 24.1. The Bertz CT molecular complexity index is 3890. The van der Waals surface area contributed by atoms with Crippen LogP contribution in [-0.2, 0) is 5.41 Å². The molecule has 0 bridgehead atoms. The maximum absolute atomic E-state index is 6.32. The van der Waals surface area contributed by atoms with E-state index in [1.54, 1.807) is 0 Å². The van der Waals surface area contributed by atoms with Crippen LogP contribution in [0.2, 0.25) is 0 Å². The van der Waals surface area contributed by atoms with E-state index in [-0.39, 0.29) is 0 Å². The van der Waals surface area contributed by atoms with Crippen LogP contribution >= 0.6 is 11.3 Å². The van der Waals surface area contributed by atoms with Crippen LogP contribution in [0.5, 0.6) is 0 Å². The molecule has 0 radical (unpaired) electrons. The summed E-state index contributed by atoms with van der Waals surface area (Å²) in [6.45, 7) is 0. The molecule has 0 saturated heterocycles. The molecule has 2 heterocycles. The monoisotopic (exact) mass is 883 g/mol. The SMILES string of the molecule is c1ccc(-c2ccc(N(c3ccc(-c4ccc5c(c4)oc4ccccc45)cc3)c3ccc4c(c3)C3(c5ccccc5-4)c4ccccc4-c4c3sc(-c3ccccc3)c4-c3ccccc3)cc2)cc1. The molecule has 0 fully saturated rings. The molecular weight excluding hydrogens is 843 g/mol. The summed E-state index contributed by atoms with van der Waals surface area (Å²) in [7, 11) is 0. The maximum atomic E-state index is 6.32. The van der Waals surface area contributed by atoms with Crippen LogP contribution in [0.1, 0.15) is 21.6 Å². The topological polar surface area (TPSA) is 16.4 Å². The Morgan fingerprint density at radius 1 is 0.324 bits per heavy atom. The second-order valence-electron chi connectivity index (χ2n) is 17.9. The molecule has 0 saturated carbocycles. The van der Waals surface area contributed by atoms with Crippen molar-refractivity contribution in [2.24, 2.45) is 0 Å². The Morgan fingerprint density at radius 3 is 1.53 bits per heavy atom. The third-order valence-corrected chi connectivity index (χ3v) is 15.7. The van der Waals surface area contributed by atoms with Crippen molar-refractivity contribution in [2.75, 3.05) is 4.90 Å². The number of nitrogens with zero attached hydrogens (tertiary/aromatic N) is 1. The smallest absolute Gasteiger partial charge is 0.136 e. The standard InChI is InChI=1S/C65H41NOS/c1-4-16-42(17-5-1)43-28-33-48(34-29-43)66(49-35-30-44(31-36-49)47-32-38-54-53-23-12-15-27-59(53)67-60(54)40-47)50-37-39-52-51-22-10-13-25-56(51)65(58(52)41-50)57-26-14-11-24-55(57)62-61(45-18-6-2-7-19-45)63(68-64(62)65)46-20-8-3-9-21-46/h1-41H. The van der Waals surface area contributed by atoms with Gasteiger partial charge in [-0.15, -0.1) is 11.3 Å². The predicted octanol–water partition coefficient (Wildman–Crippen LogP) is 18.1. The van der Waals surface area contributed by atoms with Gasteiger partial charge in [-0.05, 0) is 121 Å². The van der Waals surface area contributed by atoms with E-state index in [9.17, 15) is 0 Å². The highest BCUT2D eigenvalue weighted by molar-refractivity contribution is 7.17. The van der Waals surface area contributed by atoms with Gasteiger partial charge in [0, 0.05) is 48.7 Å². The summed E-state index contributed by atoms with van der Waals surface area (Å²) in [6.07, 6.45) is 0. The molecule has 14 rings (SSSR count). The van der Waals surface area contributed by atoms with E-state index in [2.05, 4.69) is 241 Å². The number of thiophene rings is 1. The van der Waals surface area contributed by atoms with Gasteiger partial charge < -0.3 is 9.32 Å². The second kappa shape index (κ2) is 15.3. The minimum Gasteiger partial charge on any atom is -0.456 e. The molecule has 68 heavy (non-hydrogen) atoms.